The highest BCUT2D eigenvalue weighted by molar-refractivity contribution is 5.92. The monoisotopic (exact) mass is 482 g/mol. The molecule has 2 aromatic heterocycles. The molecule has 2 aliphatic rings. The minimum Gasteiger partial charge on any atom is -0.272 e. The summed E-state index contributed by atoms with van der Waals surface area (Å²) >= 11 is 0. The van der Waals surface area contributed by atoms with Crippen molar-refractivity contribution in [3.05, 3.63) is 101 Å². The largest absolute Gasteiger partial charge is 0.288 e. The lowest BCUT2D eigenvalue weighted by Gasteiger charge is -2.35. The van der Waals surface area contributed by atoms with Crippen molar-refractivity contribution in [2.45, 2.75) is 32.4 Å². The number of aryl methyl sites for hydroxylation is 3. The number of hydrazine groups is 1. The first-order chi connectivity index (χ1) is 17.5. The van der Waals surface area contributed by atoms with Gasteiger partial charge in [-0.05, 0) is 72.7 Å². The first-order valence-corrected chi connectivity index (χ1v) is 12.2. The van der Waals surface area contributed by atoms with Gasteiger partial charge < -0.3 is 0 Å². The van der Waals surface area contributed by atoms with Crippen LogP contribution in [-0.2, 0) is 20.0 Å². The van der Waals surface area contributed by atoms with Crippen molar-refractivity contribution in [2.24, 2.45) is 13.0 Å². The second kappa shape index (κ2) is 8.95. The summed E-state index contributed by atoms with van der Waals surface area (Å²) in [6.07, 6.45) is 5.18. The second-order valence-electron chi connectivity index (χ2n) is 9.64. The van der Waals surface area contributed by atoms with Crippen LogP contribution in [0.4, 0.5) is 4.39 Å². The molecule has 1 saturated heterocycles. The Hall–Kier alpha value is -3.91. The molecule has 0 spiro atoms. The summed E-state index contributed by atoms with van der Waals surface area (Å²) in [5.74, 6) is 0.593. The summed E-state index contributed by atoms with van der Waals surface area (Å²) in [4.78, 5) is 22.5. The Kier molecular flexibility index (Phi) is 5.60. The van der Waals surface area contributed by atoms with Gasteiger partial charge in [0.25, 0.3) is 5.91 Å². The molecule has 0 N–H and O–H groups in total. The first-order valence-electron chi connectivity index (χ1n) is 12.2. The van der Waals surface area contributed by atoms with Crippen LogP contribution in [0.3, 0.4) is 0 Å². The van der Waals surface area contributed by atoms with E-state index in [2.05, 4.69) is 32.2 Å². The zero-order chi connectivity index (χ0) is 24.8. The minimum absolute atomic E-state index is 0.0141. The number of hydrogen-bond acceptors (Lipinski definition) is 5. The van der Waals surface area contributed by atoms with Gasteiger partial charge in [0.2, 0.25) is 0 Å². The maximum atomic E-state index is 14.1. The Morgan fingerprint density at radius 2 is 1.92 bits per heavy atom. The number of carbonyl (C=O) groups excluding carboxylic acids is 1. The third-order valence-corrected chi connectivity index (χ3v) is 7.36. The molecule has 1 amide bonds. The number of rotatable bonds is 4. The number of benzene rings is 2. The molecule has 0 unspecified atom stereocenters. The highest BCUT2D eigenvalue weighted by Gasteiger charge is 2.46. The molecule has 6 rings (SSSR count). The summed E-state index contributed by atoms with van der Waals surface area (Å²) in [7, 11) is 1.84. The summed E-state index contributed by atoms with van der Waals surface area (Å²) in [6, 6.07) is 16.8. The van der Waals surface area contributed by atoms with Crippen molar-refractivity contribution in [1.29, 1.82) is 0 Å². The van der Waals surface area contributed by atoms with Crippen molar-refractivity contribution in [1.82, 2.24) is 29.8 Å². The predicted molar refractivity (Wildman–Crippen MR) is 133 cm³/mol. The Labute approximate surface area is 209 Å². The lowest BCUT2D eigenvalue weighted by atomic mass is 9.80. The molecule has 4 aromatic rings. The predicted octanol–water partition coefficient (Wildman–Crippen LogP) is 4.50. The van der Waals surface area contributed by atoms with Crippen LogP contribution < -0.4 is 0 Å². The lowest BCUT2D eigenvalue weighted by molar-refractivity contribution is -0.00450. The number of nitrogens with zero attached hydrogens (tertiary/aromatic N) is 6. The van der Waals surface area contributed by atoms with Crippen molar-refractivity contribution >= 4 is 5.91 Å². The summed E-state index contributed by atoms with van der Waals surface area (Å²) in [5.41, 5.74) is 5.46. The molecule has 1 aliphatic heterocycles. The molecular formula is C28H27FN6O. The van der Waals surface area contributed by atoms with E-state index in [9.17, 15) is 9.18 Å². The third-order valence-electron chi connectivity index (χ3n) is 7.36. The summed E-state index contributed by atoms with van der Waals surface area (Å²) in [5, 5.41) is 8.46. The molecule has 0 radical (unpaired) electrons. The number of fused-ring (bicyclic) bond motifs is 3. The minimum atomic E-state index is -0.218. The van der Waals surface area contributed by atoms with Gasteiger partial charge in [-0.15, -0.1) is 0 Å². The molecule has 1 fully saturated rings. The van der Waals surface area contributed by atoms with Crippen molar-refractivity contribution in [3.8, 4) is 11.4 Å². The number of hydrogen-bond donors (Lipinski definition) is 0. The molecule has 2 atom stereocenters. The topological polar surface area (TPSA) is 67.2 Å². The first kappa shape index (κ1) is 22.5. The van der Waals surface area contributed by atoms with Crippen LogP contribution in [-0.4, -0.2) is 42.2 Å². The average Bonchev–Trinajstić information content (AvgIpc) is 3.43. The van der Waals surface area contributed by atoms with E-state index in [1.54, 1.807) is 29.2 Å². The van der Waals surface area contributed by atoms with E-state index in [1.807, 2.05) is 43.2 Å². The second-order valence-corrected chi connectivity index (χ2v) is 9.64. The zero-order valence-electron chi connectivity index (χ0n) is 20.3. The Morgan fingerprint density at radius 3 is 2.69 bits per heavy atom. The SMILES string of the molecule is Cc1cc(C(=O)N2C[C@@H]3CCc4cc(F)ccc4[C@@H]3N2Cc2cccc(-c3ncccn3)c2)nn1C. The van der Waals surface area contributed by atoms with E-state index in [0.717, 1.165) is 40.8 Å². The fourth-order valence-corrected chi connectivity index (χ4v) is 5.53. The molecule has 182 valence electrons. The van der Waals surface area contributed by atoms with Gasteiger partial charge >= 0.3 is 0 Å². The lowest BCUT2D eigenvalue weighted by Crippen LogP contribution is -2.42. The number of amides is 1. The van der Waals surface area contributed by atoms with E-state index in [1.165, 1.54) is 6.07 Å². The van der Waals surface area contributed by atoms with Gasteiger partial charge in [0.15, 0.2) is 11.5 Å². The molecule has 0 saturated carbocycles. The van der Waals surface area contributed by atoms with Gasteiger partial charge in [0.1, 0.15) is 5.82 Å². The molecule has 3 heterocycles. The Bertz CT molecular complexity index is 1420. The summed E-state index contributed by atoms with van der Waals surface area (Å²) in [6.45, 7) is 3.07. The highest BCUT2D eigenvalue weighted by Crippen LogP contribution is 2.45. The number of halogens is 1. The van der Waals surface area contributed by atoms with E-state index in [4.69, 9.17) is 0 Å². The third kappa shape index (κ3) is 3.97. The van der Waals surface area contributed by atoms with Gasteiger partial charge in [0, 0.05) is 43.8 Å². The van der Waals surface area contributed by atoms with E-state index in [0.29, 0.717) is 24.6 Å². The van der Waals surface area contributed by atoms with Gasteiger partial charge in [-0.25, -0.2) is 19.4 Å². The van der Waals surface area contributed by atoms with E-state index >= 15 is 0 Å². The molecular weight excluding hydrogens is 455 g/mol. The Balaban J connectivity index is 1.39. The zero-order valence-corrected chi connectivity index (χ0v) is 20.3. The van der Waals surface area contributed by atoms with Crippen LogP contribution in [0.15, 0.2) is 67.0 Å². The van der Waals surface area contributed by atoms with Gasteiger partial charge in [-0.2, -0.15) is 5.10 Å². The van der Waals surface area contributed by atoms with Crippen LogP contribution in [0.5, 0.6) is 0 Å². The fraction of sp³-hybridized carbons (Fsp3) is 0.286. The van der Waals surface area contributed by atoms with Gasteiger partial charge in [0.05, 0.1) is 6.04 Å². The maximum Gasteiger partial charge on any atom is 0.288 e. The number of aromatic nitrogens is 4. The molecule has 1 aliphatic carbocycles. The Morgan fingerprint density at radius 1 is 1.08 bits per heavy atom. The average molecular weight is 483 g/mol. The van der Waals surface area contributed by atoms with Gasteiger partial charge in [-0.3, -0.25) is 14.5 Å². The van der Waals surface area contributed by atoms with Crippen molar-refractivity contribution in [3.63, 3.8) is 0 Å². The van der Waals surface area contributed by atoms with Crippen LogP contribution in [0.25, 0.3) is 11.4 Å². The standard InChI is InChI=1S/C28H27FN6O/c1-18-13-25(32-33(18)2)28(36)35-17-22-8-7-20-15-23(29)9-10-24(20)26(22)34(35)16-19-5-3-6-21(14-19)27-30-11-4-12-31-27/h3-6,9-15,22,26H,7-8,16-17H2,1-2H3/t22-,26+/m0/s1. The molecule has 8 heteroatoms. The van der Waals surface area contributed by atoms with Gasteiger partial charge in [-0.1, -0.05) is 24.3 Å². The summed E-state index contributed by atoms with van der Waals surface area (Å²) < 4.78 is 15.8. The molecule has 36 heavy (non-hydrogen) atoms. The number of carbonyl (C=O) groups is 1. The van der Waals surface area contributed by atoms with Crippen LogP contribution in [0.2, 0.25) is 0 Å². The van der Waals surface area contributed by atoms with Crippen molar-refractivity contribution in [2.75, 3.05) is 6.54 Å². The quantitative estimate of drug-likeness (QED) is 0.429. The van der Waals surface area contributed by atoms with Crippen molar-refractivity contribution < 1.29 is 9.18 Å². The maximum absolute atomic E-state index is 14.1. The van der Waals surface area contributed by atoms with Crippen LogP contribution >= 0.6 is 0 Å². The normalized spacial score (nSPS) is 19.2. The van der Waals surface area contributed by atoms with E-state index < -0.39 is 0 Å². The van der Waals surface area contributed by atoms with E-state index in [-0.39, 0.29) is 23.7 Å². The molecule has 2 aromatic carbocycles. The fourth-order valence-electron chi connectivity index (χ4n) is 5.53. The molecule has 7 nitrogen and oxygen atoms in total. The van der Waals surface area contributed by atoms with Crippen LogP contribution in [0, 0.1) is 18.7 Å². The molecule has 0 bridgehead atoms. The smallest absolute Gasteiger partial charge is 0.272 e. The highest BCUT2D eigenvalue weighted by atomic mass is 19.1. The van der Waals surface area contributed by atoms with Crippen LogP contribution in [0.1, 0.15) is 45.3 Å².